The fourth-order valence-electron chi connectivity index (χ4n) is 2.00. The van der Waals surface area contributed by atoms with Gasteiger partial charge in [-0.25, -0.2) is 0 Å². The predicted molar refractivity (Wildman–Crippen MR) is 84.2 cm³/mol. The highest BCUT2D eigenvalue weighted by atomic mass is 16.5. The molecule has 0 bridgehead atoms. The zero-order valence-corrected chi connectivity index (χ0v) is 13.2. The third-order valence-electron chi connectivity index (χ3n) is 3.44. The lowest BCUT2D eigenvalue weighted by molar-refractivity contribution is 0.0388. The number of unbranched alkanes of at least 4 members (excludes halogenated alkanes) is 1. The average Bonchev–Trinajstić information content (AvgIpc) is 2.50. The SMILES string of the molecule is CCCCOCCOCC(NC)c1ccc(CC)cc1. The van der Waals surface area contributed by atoms with Crippen molar-refractivity contribution in [2.75, 3.05) is 33.5 Å². The Labute approximate surface area is 123 Å². The fraction of sp³-hybridized carbons (Fsp3) is 0.647. The standard InChI is InChI=1S/C17H29NO2/c1-4-6-11-19-12-13-20-14-17(18-3)16-9-7-15(5-2)8-10-16/h7-10,17-18H,4-6,11-14H2,1-3H3. The molecule has 3 nitrogen and oxygen atoms in total. The summed E-state index contributed by atoms with van der Waals surface area (Å²) in [6.07, 6.45) is 3.38. The van der Waals surface area contributed by atoms with Crippen LogP contribution >= 0.6 is 0 Å². The van der Waals surface area contributed by atoms with Gasteiger partial charge in [-0.3, -0.25) is 0 Å². The molecule has 0 spiro atoms. The van der Waals surface area contributed by atoms with Crippen molar-refractivity contribution in [3.05, 3.63) is 35.4 Å². The summed E-state index contributed by atoms with van der Waals surface area (Å²) < 4.78 is 11.2. The lowest BCUT2D eigenvalue weighted by atomic mass is 10.0. The smallest absolute Gasteiger partial charge is 0.0701 e. The Hall–Kier alpha value is -0.900. The van der Waals surface area contributed by atoms with Gasteiger partial charge < -0.3 is 14.8 Å². The molecule has 1 atom stereocenters. The third kappa shape index (κ3) is 6.51. The Morgan fingerprint density at radius 3 is 2.30 bits per heavy atom. The maximum atomic E-state index is 5.69. The van der Waals surface area contributed by atoms with Crippen molar-refractivity contribution in [3.63, 3.8) is 0 Å². The quantitative estimate of drug-likeness (QED) is 0.630. The van der Waals surface area contributed by atoms with Crippen LogP contribution in [-0.4, -0.2) is 33.5 Å². The summed E-state index contributed by atoms with van der Waals surface area (Å²) in [5, 5.41) is 3.30. The summed E-state index contributed by atoms with van der Waals surface area (Å²) in [4.78, 5) is 0. The Kier molecular flexibility index (Phi) is 9.29. The molecule has 0 aliphatic heterocycles. The van der Waals surface area contributed by atoms with Gasteiger partial charge in [0.1, 0.15) is 0 Å². The van der Waals surface area contributed by atoms with Crippen molar-refractivity contribution in [2.45, 2.75) is 39.2 Å². The van der Waals surface area contributed by atoms with Crippen molar-refractivity contribution in [1.82, 2.24) is 5.32 Å². The summed E-state index contributed by atoms with van der Waals surface area (Å²) in [6, 6.07) is 8.99. The molecule has 0 heterocycles. The first-order valence-corrected chi connectivity index (χ1v) is 7.73. The number of ether oxygens (including phenoxy) is 2. The van der Waals surface area contributed by atoms with Gasteiger partial charge in [0.05, 0.1) is 25.9 Å². The van der Waals surface area contributed by atoms with Crippen LogP contribution < -0.4 is 5.32 Å². The maximum absolute atomic E-state index is 5.69. The number of likely N-dealkylation sites (N-methyl/N-ethyl adjacent to an activating group) is 1. The van der Waals surface area contributed by atoms with E-state index in [9.17, 15) is 0 Å². The van der Waals surface area contributed by atoms with Gasteiger partial charge >= 0.3 is 0 Å². The van der Waals surface area contributed by atoms with Crippen LogP contribution in [-0.2, 0) is 15.9 Å². The first kappa shape index (κ1) is 17.2. The minimum atomic E-state index is 0.247. The molecule has 0 radical (unpaired) electrons. The molecular formula is C17H29NO2. The van der Waals surface area contributed by atoms with E-state index in [1.54, 1.807) is 0 Å². The molecule has 114 valence electrons. The number of benzene rings is 1. The first-order valence-electron chi connectivity index (χ1n) is 7.73. The summed E-state index contributed by atoms with van der Waals surface area (Å²) >= 11 is 0. The Morgan fingerprint density at radius 1 is 1.00 bits per heavy atom. The van der Waals surface area contributed by atoms with Crippen molar-refractivity contribution in [2.24, 2.45) is 0 Å². The first-order chi connectivity index (χ1) is 9.81. The van der Waals surface area contributed by atoms with E-state index in [4.69, 9.17) is 9.47 Å². The zero-order valence-electron chi connectivity index (χ0n) is 13.2. The van der Waals surface area contributed by atoms with Crippen LogP contribution in [0.3, 0.4) is 0 Å². The number of nitrogens with one attached hydrogen (secondary N) is 1. The van der Waals surface area contributed by atoms with Gasteiger partial charge in [0, 0.05) is 6.61 Å². The molecule has 20 heavy (non-hydrogen) atoms. The molecule has 0 saturated heterocycles. The molecule has 0 aliphatic rings. The van der Waals surface area contributed by atoms with E-state index in [0.717, 1.165) is 19.4 Å². The van der Waals surface area contributed by atoms with Gasteiger partial charge in [-0.2, -0.15) is 0 Å². The van der Waals surface area contributed by atoms with Crippen LogP contribution in [0, 0.1) is 0 Å². The van der Waals surface area contributed by atoms with E-state index >= 15 is 0 Å². The summed E-state index contributed by atoms with van der Waals surface area (Å²) in [5.41, 5.74) is 2.64. The molecule has 0 amide bonds. The van der Waals surface area contributed by atoms with Crippen molar-refractivity contribution >= 4 is 0 Å². The van der Waals surface area contributed by atoms with Gasteiger partial charge in [0.15, 0.2) is 0 Å². The summed E-state index contributed by atoms with van der Waals surface area (Å²) in [7, 11) is 1.97. The molecule has 1 aromatic carbocycles. The van der Waals surface area contributed by atoms with E-state index in [-0.39, 0.29) is 6.04 Å². The summed E-state index contributed by atoms with van der Waals surface area (Å²) in [6.45, 7) is 7.21. The van der Waals surface area contributed by atoms with E-state index < -0.39 is 0 Å². The van der Waals surface area contributed by atoms with Gasteiger partial charge in [-0.05, 0) is 31.0 Å². The molecule has 0 saturated carbocycles. The minimum absolute atomic E-state index is 0.247. The zero-order chi connectivity index (χ0) is 14.6. The fourth-order valence-corrected chi connectivity index (χ4v) is 2.00. The second-order valence-corrected chi connectivity index (χ2v) is 4.98. The van der Waals surface area contributed by atoms with Crippen LogP contribution in [0.2, 0.25) is 0 Å². The molecule has 0 aromatic heterocycles. The van der Waals surface area contributed by atoms with Gasteiger partial charge in [-0.15, -0.1) is 0 Å². The Morgan fingerprint density at radius 2 is 1.70 bits per heavy atom. The lowest BCUT2D eigenvalue weighted by Crippen LogP contribution is -2.22. The number of rotatable bonds is 11. The minimum Gasteiger partial charge on any atom is -0.379 e. The van der Waals surface area contributed by atoms with Gasteiger partial charge in [0.2, 0.25) is 0 Å². The Balaban J connectivity index is 2.24. The highest BCUT2D eigenvalue weighted by Gasteiger charge is 2.08. The van der Waals surface area contributed by atoms with Crippen molar-refractivity contribution in [3.8, 4) is 0 Å². The molecule has 1 unspecified atom stereocenters. The van der Waals surface area contributed by atoms with Crippen molar-refractivity contribution in [1.29, 1.82) is 0 Å². The van der Waals surface area contributed by atoms with E-state index in [1.165, 1.54) is 17.5 Å². The van der Waals surface area contributed by atoms with Crippen LogP contribution in [0.15, 0.2) is 24.3 Å². The predicted octanol–water partition coefficient (Wildman–Crippen LogP) is 3.34. The second-order valence-electron chi connectivity index (χ2n) is 4.98. The Bertz CT molecular complexity index is 337. The van der Waals surface area contributed by atoms with Crippen LogP contribution in [0.5, 0.6) is 0 Å². The van der Waals surface area contributed by atoms with E-state index in [1.807, 2.05) is 7.05 Å². The molecule has 1 rings (SSSR count). The van der Waals surface area contributed by atoms with E-state index in [2.05, 4.69) is 43.4 Å². The maximum Gasteiger partial charge on any atom is 0.0701 e. The second kappa shape index (κ2) is 10.8. The van der Waals surface area contributed by atoms with Gasteiger partial charge in [-0.1, -0.05) is 44.5 Å². The largest absolute Gasteiger partial charge is 0.379 e. The average molecular weight is 279 g/mol. The molecule has 3 heteroatoms. The monoisotopic (exact) mass is 279 g/mol. The van der Waals surface area contributed by atoms with Gasteiger partial charge in [0.25, 0.3) is 0 Å². The number of hydrogen-bond donors (Lipinski definition) is 1. The molecule has 1 aromatic rings. The number of aryl methyl sites for hydroxylation is 1. The molecule has 1 N–H and O–H groups in total. The highest BCUT2D eigenvalue weighted by molar-refractivity contribution is 5.25. The third-order valence-corrected chi connectivity index (χ3v) is 3.44. The molecular weight excluding hydrogens is 250 g/mol. The van der Waals surface area contributed by atoms with Crippen LogP contribution in [0.4, 0.5) is 0 Å². The highest BCUT2D eigenvalue weighted by Crippen LogP contribution is 2.14. The summed E-state index contributed by atoms with van der Waals surface area (Å²) in [5.74, 6) is 0. The lowest BCUT2D eigenvalue weighted by Gasteiger charge is -2.17. The van der Waals surface area contributed by atoms with Crippen LogP contribution in [0.1, 0.15) is 43.9 Å². The molecule has 0 aliphatic carbocycles. The van der Waals surface area contributed by atoms with E-state index in [0.29, 0.717) is 19.8 Å². The molecule has 0 fully saturated rings. The van der Waals surface area contributed by atoms with Crippen molar-refractivity contribution < 1.29 is 9.47 Å². The number of hydrogen-bond acceptors (Lipinski definition) is 3. The normalized spacial score (nSPS) is 12.6. The topological polar surface area (TPSA) is 30.5 Å². The van der Waals surface area contributed by atoms with Crippen LogP contribution in [0.25, 0.3) is 0 Å².